The van der Waals surface area contributed by atoms with Gasteiger partial charge in [-0.1, -0.05) is 19.1 Å². The molecule has 1 unspecified atom stereocenters. The van der Waals surface area contributed by atoms with E-state index < -0.39 is 9.84 Å². The second kappa shape index (κ2) is 5.28. The van der Waals surface area contributed by atoms with Gasteiger partial charge in [0, 0.05) is 31.3 Å². The molecule has 1 fully saturated rings. The van der Waals surface area contributed by atoms with Crippen LogP contribution >= 0.6 is 0 Å². The number of rotatable bonds is 3. The lowest BCUT2D eigenvalue weighted by Gasteiger charge is -2.29. The lowest BCUT2D eigenvalue weighted by Crippen LogP contribution is -2.40. The van der Waals surface area contributed by atoms with Crippen molar-refractivity contribution in [3.05, 3.63) is 29.8 Å². The Morgan fingerprint density at radius 2 is 1.78 bits per heavy atom. The van der Waals surface area contributed by atoms with Gasteiger partial charge in [0.25, 0.3) is 0 Å². The smallest absolute Gasteiger partial charge is 0.153 e. The monoisotopic (exact) mass is 269 g/mol. The Hall–Kier alpha value is -1.07. The quantitative estimate of drug-likeness (QED) is 0.890. The molecule has 1 aliphatic heterocycles. The summed E-state index contributed by atoms with van der Waals surface area (Å²) < 4.78 is 22.7. The zero-order valence-electron chi connectivity index (χ0n) is 10.5. The van der Waals surface area contributed by atoms with Crippen LogP contribution in [0.15, 0.2) is 24.3 Å². The molecule has 1 aromatic carbocycles. The molecular weight excluding hydrogens is 250 g/mol. The molecule has 100 valence electrons. The molecule has 1 aliphatic rings. The van der Waals surface area contributed by atoms with Gasteiger partial charge in [0.2, 0.25) is 0 Å². The Morgan fingerprint density at radius 3 is 2.28 bits per heavy atom. The van der Waals surface area contributed by atoms with Crippen molar-refractivity contribution in [2.24, 2.45) is 0 Å². The summed E-state index contributed by atoms with van der Waals surface area (Å²) in [7, 11) is -2.82. The molecule has 5 heteroatoms. The average Bonchev–Trinajstić information content (AvgIpc) is 2.38. The number of aliphatic hydroxyl groups is 1. The molecule has 1 atom stereocenters. The Kier molecular flexibility index (Phi) is 3.92. The zero-order valence-corrected chi connectivity index (χ0v) is 11.4. The van der Waals surface area contributed by atoms with Gasteiger partial charge < -0.3 is 10.0 Å². The van der Waals surface area contributed by atoms with Crippen LogP contribution in [0.2, 0.25) is 0 Å². The van der Waals surface area contributed by atoms with Gasteiger partial charge in [-0.2, -0.15) is 0 Å². The number of hydrogen-bond donors (Lipinski definition) is 1. The molecule has 0 saturated carbocycles. The maximum Gasteiger partial charge on any atom is 0.153 e. The molecule has 0 amide bonds. The molecule has 0 radical (unpaired) electrons. The fourth-order valence-corrected chi connectivity index (χ4v) is 3.29. The molecular formula is C13H19NO3S. The Morgan fingerprint density at radius 1 is 1.22 bits per heavy atom. The van der Waals surface area contributed by atoms with E-state index in [4.69, 9.17) is 5.11 Å². The predicted octanol–water partition coefficient (Wildman–Crippen LogP) is 1.02. The van der Waals surface area contributed by atoms with Crippen LogP contribution < -0.4 is 4.90 Å². The van der Waals surface area contributed by atoms with Gasteiger partial charge in [-0.15, -0.1) is 0 Å². The van der Waals surface area contributed by atoms with Crippen molar-refractivity contribution in [1.82, 2.24) is 0 Å². The van der Waals surface area contributed by atoms with Crippen LogP contribution in [0.5, 0.6) is 0 Å². The van der Waals surface area contributed by atoms with Gasteiger partial charge in [-0.3, -0.25) is 0 Å². The van der Waals surface area contributed by atoms with E-state index in [1.807, 2.05) is 31.2 Å². The summed E-state index contributed by atoms with van der Waals surface area (Å²) in [6.07, 6.45) is 0. The van der Waals surface area contributed by atoms with E-state index >= 15 is 0 Å². The maximum absolute atomic E-state index is 11.4. The van der Waals surface area contributed by atoms with Gasteiger partial charge in [0.05, 0.1) is 11.5 Å². The highest BCUT2D eigenvalue weighted by Gasteiger charge is 2.21. The molecule has 0 aromatic heterocycles. The highest BCUT2D eigenvalue weighted by molar-refractivity contribution is 7.91. The van der Waals surface area contributed by atoms with Gasteiger partial charge >= 0.3 is 0 Å². The first kappa shape index (κ1) is 13.4. The molecule has 1 aromatic rings. The second-order valence-corrected chi connectivity index (χ2v) is 7.12. The molecule has 0 aliphatic carbocycles. The minimum Gasteiger partial charge on any atom is -0.396 e. The standard InChI is InChI=1S/C13H19NO3S/c1-11(10-15)12-2-4-13(5-3-12)14-6-8-18(16,17)9-7-14/h2-5,11,15H,6-10H2,1H3. The first-order valence-corrected chi connectivity index (χ1v) is 8.00. The average molecular weight is 269 g/mol. The van der Waals surface area contributed by atoms with Crippen LogP contribution in [0.25, 0.3) is 0 Å². The van der Waals surface area contributed by atoms with Crippen molar-refractivity contribution in [1.29, 1.82) is 0 Å². The van der Waals surface area contributed by atoms with Crippen LogP contribution in [0, 0.1) is 0 Å². The number of benzene rings is 1. The molecule has 2 rings (SSSR count). The van der Waals surface area contributed by atoms with Crippen LogP contribution in [-0.4, -0.2) is 44.7 Å². The summed E-state index contributed by atoms with van der Waals surface area (Å²) in [4.78, 5) is 2.09. The van der Waals surface area contributed by atoms with Crippen molar-refractivity contribution in [2.45, 2.75) is 12.8 Å². The molecule has 1 saturated heterocycles. The van der Waals surface area contributed by atoms with Crippen LogP contribution in [0.4, 0.5) is 5.69 Å². The molecule has 1 N–H and O–H groups in total. The van der Waals surface area contributed by atoms with Gasteiger partial charge in [-0.25, -0.2) is 8.42 Å². The lowest BCUT2D eigenvalue weighted by molar-refractivity contribution is 0.273. The molecule has 4 nitrogen and oxygen atoms in total. The summed E-state index contributed by atoms with van der Waals surface area (Å²) in [5.74, 6) is 0.615. The van der Waals surface area contributed by atoms with Crippen molar-refractivity contribution in [3.8, 4) is 0 Å². The van der Waals surface area contributed by atoms with E-state index in [2.05, 4.69) is 4.90 Å². The molecule has 0 spiro atoms. The van der Waals surface area contributed by atoms with E-state index in [0.29, 0.717) is 13.1 Å². The number of hydrogen-bond acceptors (Lipinski definition) is 4. The summed E-state index contributed by atoms with van der Waals surface area (Å²) >= 11 is 0. The fourth-order valence-electron chi connectivity index (χ4n) is 2.09. The van der Waals surface area contributed by atoms with Crippen molar-refractivity contribution < 1.29 is 13.5 Å². The normalized spacial score (nSPS) is 20.7. The minimum atomic E-state index is -2.82. The van der Waals surface area contributed by atoms with Crippen molar-refractivity contribution in [2.75, 3.05) is 36.1 Å². The Labute approximate surface area is 108 Å². The summed E-state index contributed by atoms with van der Waals surface area (Å²) in [6, 6.07) is 8.00. The SMILES string of the molecule is CC(CO)c1ccc(N2CCS(=O)(=O)CC2)cc1. The first-order valence-electron chi connectivity index (χ1n) is 6.18. The minimum absolute atomic E-state index is 0.140. The van der Waals surface area contributed by atoms with Crippen LogP contribution in [0.3, 0.4) is 0 Å². The van der Waals surface area contributed by atoms with E-state index in [1.54, 1.807) is 0 Å². The second-order valence-electron chi connectivity index (χ2n) is 4.81. The van der Waals surface area contributed by atoms with Crippen LogP contribution in [-0.2, 0) is 9.84 Å². The number of anilines is 1. The molecule has 18 heavy (non-hydrogen) atoms. The van der Waals surface area contributed by atoms with Crippen molar-refractivity contribution in [3.63, 3.8) is 0 Å². The Balaban J connectivity index is 2.07. The topological polar surface area (TPSA) is 57.6 Å². The first-order chi connectivity index (χ1) is 8.52. The van der Waals surface area contributed by atoms with Crippen molar-refractivity contribution >= 4 is 15.5 Å². The zero-order chi connectivity index (χ0) is 13.2. The largest absolute Gasteiger partial charge is 0.396 e. The van der Waals surface area contributed by atoms with Gasteiger partial charge in [0.15, 0.2) is 9.84 Å². The highest BCUT2D eigenvalue weighted by Crippen LogP contribution is 2.21. The van der Waals surface area contributed by atoms with E-state index in [0.717, 1.165) is 11.3 Å². The van der Waals surface area contributed by atoms with E-state index in [-0.39, 0.29) is 24.0 Å². The summed E-state index contributed by atoms with van der Waals surface area (Å²) in [6.45, 7) is 3.25. The third-order valence-electron chi connectivity index (χ3n) is 3.45. The maximum atomic E-state index is 11.4. The predicted molar refractivity (Wildman–Crippen MR) is 72.8 cm³/mol. The summed E-state index contributed by atoms with van der Waals surface area (Å²) in [5.41, 5.74) is 2.16. The third kappa shape index (κ3) is 3.03. The van der Waals surface area contributed by atoms with E-state index in [1.165, 1.54) is 0 Å². The third-order valence-corrected chi connectivity index (χ3v) is 5.05. The van der Waals surface area contributed by atoms with Gasteiger partial charge in [-0.05, 0) is 17.7 Å². The highest BCUT2D eigenvalue weighted by atomic mass is 32.2. The van der Waals surface area contributed by atoms with Gasteiger partial charge in [0.1, 0.15) is 0 Å². The fraction of sp³-hybridized carbons (Fsp3) is 0.538. The number of nitrogens with zero attached hydrogens (tertiary/aromatic N) is 1. The van der Waals surface area contributed by atoms with E-state index in [9.17, 15) is 8.42 Å². The summed E-state index contributed by atoms with van der Waals surface area (Å²) in [5, 5.41) is 9.09. The molecule has 0 bridgehead atoms. The number of aliphatic hydroxyl groups excluding tert-OH is 1. The Bertz CT molecular complexity index is 481. The van der Waals surface area contributed by atoms with Crippen LogP contribution in [0.1, 0.15) is 18.4 Å². The number of sulfone groups is 1. The lowest BCUT2D eigenvalue weighted by atomic mass is 10.0. The molecule has 1 heterocycles.